The third-order valence-electron chi connectivity index (χ3n) is 4.30. The van der Waals surface area contributed by atoms with Crippen molar-refractivity contribution in [2.75, 3.05) is 11.9 Å². The monoisotopic (exact) mass is 390 g/mol. The summed E-state index contributed by atoms with van der Waals surface area (Å²) in [6.45, 7) is 0.104. The summed E-state index contributed by atoms with van der Waals surface area (Å²) in [6, 6.07) is 14.3. The van der Waals surface area contributed by atoms with E-state index in [0.29, 0.717) is 17.0 Å². The van der Waals surface area contributed by atoms with Gasteiger partial charge < -0.3 is 25.3 Å². The second kappa shape index (κ2) is 10.3. The Balaban J connectivity index is 0.00000280. The van der Waals surface area contributed by atoms with E-state index in [9.17, 15) is 19.5 Å². The number of carbonyl (C=O) groups is 3. The minimum atomic E-state index is -1.26. The molecule has 0 radical (unpaired) electrons. The molecule has 2 aromatic rings. The molecular weight excluding hydrogens is 371 g/mol. The molecule has 0 saturated carbocycles. The number of benzene rings is 2. The van der Waals surface area contributed by atoms with Gasteiger partial charge in [0.15, 0.2) is 6.61 Å². The van der Waals surface area contributed by atoms with Gasteiger partial charge in [-0.25, -0.2) is 0 Å². The van der Waals surface area contributed by atoms with Crippen LogP contribution in [-0.4, -0.2) is 24.4 Å². The maximum Gasteiger partial charge on any atom is 1.00 e. The van der Waals surface area contributed by atoms with Gasteiger partial charge >= 0.3 is 29.6 Å². The van der Waals surface area contributed by atoms with E-state index in [1.807, 2.05) is 30.3 Å². The predicted octanol–water partition coefficient (Wildman–Crippen LogP) is -2.36. The molecule has 0 saturated heterocycles. The van der Waals surface area contributed by atoms with Gasteiger partial charge in [0.1, 0.15) is 5.75 Å². The van der Waals surface area contributed by atoms with E-state index < -0.39 is 17.8 Å². The van der Waals surface area contributed by atoms with Gasteiger partial charge in [-0.2, -0.15) is 0 Å². The van der Waals surface area contributed by atoms with E-state index in [1.54, 1.807) is 18.2 Å². The van der Waals surface area contributed by atoms with Gasteiger partial charge in [0.05, 0.1) is 5.69 Å². The Hall–Kier alpha value is -2.35. The number of para-hydroxylation sites is 1. The molecule has 2 aromatic carbocycles. The zero-order valence-electron chi connectivity index (χ0n) is 15.6. The second-order valence-corrected chi connectivity index (χ2v) is 6.31. The fraction of sp³-hybridized carbons (Fsp3) is 0.250. The third kappa shape index (κ3) is 5.82. The molecule has 3 rings (SSSR count). The molecule has 8 heteroatoms. The first-order chi connectivity index (χ1) is 13.0. The Morgan fingerprint density at radius 2 is 1.89 bits per heavy atom. The van der Waals surface area contributed by atoms with E-state index in [0.717, 1.165) is 5.56 Å². The smallest absolute Gasteiger partial charge is 0.550 e. The van der Waals surface area contributed by atoms with Crippen molar-refractivity contribution in [2.24, 2.45) is 5.92 Å². The second-order valence-electron chi connectivity index (χ2n) is 6.31. The molecule has 1 aliphatic rings. The Morgan fingerprint density at radius 3 is 2.61 bits per heavy atom. The van der Waals surface area contributed by atoms with Crippen LogP contribution in [0.25, 0.3) is 0 Å². The zero-order chi connectivity index (χ0) is 19.2. The van der Waals surface area contributed by atoms with Gasteiger partial charge in [-0.15, -0.1) is 0 Å². The fourth-order valence-electron chi connectivity index (χ4n) is 2.93. The SMILES string of the molecule is O=C(CC(Cc1ccccc1)C(=O)[O-])NCc1cccc2c1NC(=O)CO2.[Na+]. The summed E-state index contributed by atoms with van der Waals surface area (Å²) in [6.07, 6.45) is 0.0380. The Kier molecular flexibility index (Phi) is 8.04. The number of carbonyl (C=O) groups excluding carboxylic acids is 3. The average Bonchev–Trinajstić information content (AvgIpc) is 2.66. The van der Waals surface area contributed by atoms with E-state index >= 15 is 0 Å². The first-order valence-corrected chi connectivity index (χ1v) is 8.59. The van der Waals surface area contributed by atoms with Crippen LogP contribution in [-0.2, 0) is 27.3 Å². The summed E-state index contributed by atoms with van der Waals surface area (Å²) in [4.78, 5) is 35.1. The fourth-order valence-corrected chi connectivity index (χ4v) is 2.93. The molecule has 2 N–H and O–H groups in total. The maximum absolute atomic E-state index is 12.2. The predicted molar refractivity (Wildman–Crippen MR) is 95.7 cm³/mol. The summed E-state index contributed by atoms with van der Waals surface area (Å²) in [5.74, 6) is -2.30. The van der Waals surface area contributed by atoms with Crippen molar-refractivity contribution >= 4 is 23.5 Å². The van der Waals surface area contributed by atoms with Crippen LogP contribution in [0.3, 0.4) is 0 Å². The normalized spacial score (nSPS) is 13.2. The van der Waals surface area contributed by atoms with Crippen molar-refractivity contribution in [1.29, 1.82) is 0 Å². The molecular formula is C20H19N2NaO5. The molecule has 1 unspecified atom stereocenters. The Labute approximate surface area is 184 Å². The molecule has 1 aliphatic heterocycles. The largest absolute Gasteiger partial charge is 1.00 e. The number of ether oxygens (including phenoxy) is 1. The molecule has 140 valence electrons. The number of carboxylic acid groups (broad SMARTS) is 1. The van der Waals surface area contributed by atoms with Crippen LogP contribution in [0, 0.1) is 5.92 Å². The zero-order valence-corrected chi connectivity index (χ0v) is 17.6. The number of hydrogen-bond acceptors (Lipinski definition) is 5. The summed E-state index contributed by atoms with van der Waals surface area (Å²) < 4.78 is 5.33. The molecule has 2 amide bonds. The van der Waals surface area contributed by atoms with Crippen LogP contribution >= 0.6 is 0 Å². The Bertz CT molecular complexity index is 857. The van der Waals surface area contributed by atoms with Gasteiger partial charge in [0.2, 0.25) is 5.91 Å². The summed E-state index contributed by atoms with van der Waals surface area (Å²) in [5.41, 5.74) is 2.04. The van der Waals surface area contributed by atoms with Crippen molar-refractivity contribution in [1.82, 2.24) is 5.32 Å². The standard InChI is InChI=1S/C20H20N2O5.Na/c23-17(10-15(20(25)26)9-13-5-2-1-3-6-13)21-11-14-7-4-8-16-19(14)22-18(24)12-27-16;/h1-8,15H,9-12H2,(H,21,23)(H,22,24)(H,25,26);/q;+1/p-1. The van der Waals surface area contributed by atoms with Crippen LogP contribution in [0.4, 0.5) is 5.69 Å². The van der Waals surface area contributed by atoms with E-state index in [4.69, 9.17) is 4.74 Å². The first-order valence-electron chi connectivity index (χ1n) is 8.59. The van der Waals surface area contributed by atoms with Crippen molar-refractivity contribution < 1.29 is 53.8 Å². The molecule has 0 aliphatic carbocycles. The topological polar surface area (TPSA) is 108 Å². The van der Waals surface area contributed by atoms with Crippen LogP contribution in [0.2, 0.25) is 0 Å². The number of carboxylic acids is 1. The van der Waals surface area contributed by atoms with Crippen LogP contribution in [0.1, 0.15) is 17.5 Å². The Morgan fingerprint density at radius 1 is 1.14 bits per heavy atom. The van der Waals surface area contributed by atoms with Crippen molar-refractivity contribution in [2.45, 2.75) is 19.4 Å². The third-order valence-corrected chi connectivity index (χ3v) is 4.30. The maximum atomic E-state index is 12.2. The molecule has 7 nitrogen and oxygen atoms in total. The van der Waals surface area contributed by atoms with E-state index in [1.165, 1.54) is 0 Å². The number of anilines is 1. The molecule has 28 heavy (non-hydrogen) atoms. The minimum Gasteiger partial charge on any atom is -0.550 e. The molecule has 0 aromatic heterocycles. The quantitative estimate of drug-likeness (QED) is 0.514. The number of rotatable bonds is 7. The van der Waals surface area contributed by atoms with Gasteiger partial charge in [-0.3, -0.25) is 9.59 Å². The molecule has 1 atom stereocenters. The number of amides is 2. The molecule has 0 bridgehead atoms. The van der Waals surface area contributed by atoms with Crippen molar-refractivity contribution in [3.8, 4) is 5.75 Å². The minimum absolute atomic E-state index is 0. The van der Waals surface area contributed by atoms with Crippen LogP contribution in [0.15, 0.2) is 48.5 Å². The van der Waals surface area contributed by atoms with Crippen molar-refractivity contribution in [3.63, 3.8) is 0 Å². The number of aliphatic carboxylic acids is 1. The number of hydrogen-bond donors (Lipinski definition) is 2. The molecule has 0 fully saturated rings. The summed E-state index contributed by atoms with van der Waals surface area (Å²) >= 11 is 0. The summed E-state index contributed by atoms with van der Waals surface area (Å²) in [5, 5.41) is 16.8. The van der Waals surface area contributed by atoms with Crippen LogP contribution in [0.5, 0.6) is 5.75 Å². The number of fused-ring (bicyclic) bond motifs is 1. The molecule has 1 heterocycles. The number of nitrogens with one attached hydrogen (secondary N) is 2. The molecule has 0 spiro atoms. The van der Waals surface area contributed by atoms with Gasteiger partial charge in [0.25, 0.3) is 5.91 Å². The first kappa shape index (κ1) is 21.9. The van der Waals surface area contributed by atoms with E-state index in [2.05, 4.69) is 10.6 Å². The van der Waals surface area contributed by atoms with Gasteiger partial charge in [-0.05, 0) is 23.6 Å². The van der Waals surface area contributed by atoms with Gasteiger partial charge in [-0.1, -0.05) is 42.5 Å². The van der Waals surface area contributed by atoms with Gasteiger partial charge in [0, 0.05) is 24.9 Å². The van der Waals surface area contributed by atoms with E-state index in [-0.39, 0.29) is 61.5 Å². The van der Waals surface area contributed by atoms with Crippen LogP contribution < -0.4 is 50.0 Å². The summed E-state index contributed by atoms with van der Waals surface area (Å²) in [7, 11) is 0. The van der Waals surface area contributed by atoms with Crippen molar-refractivity contribution in [3.05, 3.63) is 59.7 Å². The average molecular weight is 390 g/mol.